The van der Waals surface area contributed by atoms with Gasteiger partial charge < -0.3 is 14.4 Å². The molecule has 0 radical (unpaired) electrons. The summed E-state index contributed by atoms with van der Waals surface area (Å²) >= 11 is 1.18. The monoisotopic (exact) mass is 621 g/mol. The van der Waals surface area contributed by atoms with Crippen LogP contribution in [0.15, 0.2) is 64.2 Å². The molecule has 0 amide bonds. The molecule has 5 aromatic rings. The van der Waals surface area contributed by atoms with Crippen LogP contribution in [0.3, 0.4) is 0 Å². The number of Topliss-reactive ketones (excluding diaryl/α,β-unsaturated/α-hetero) is 1. The fourth-order valence-electron chi connectivity index (χ4n) is 4.91. The second-order valence-electron chi connectivity index (χ2n) is 10.3. The first-order valence-corrected chi connectivity index (χ1v) is 14.3. The molecular weight excluding hydrogens is 592 g/mol. The van der Waals surface area contributed by atoms with Crippen molar-refractivity contribution in [3.8, 4) is 22.1 Å². The van der Waals surface area contributed by atoms with Crippen LogP contribution >= 0.6 is 11.3 Å². The number of carbonyl (C=O) groups is 1. The molecule has 3 heterocycles. The van der Waals surface area contributed by atoms with Crippen molar-refractivity contribution in [2.24, 2.45) is 0 Å². The number of hydrogen-bond donors (Lipinski definition) is 0. The van der Waals surface area contributed by atoms with Crippen LogP contribution in [0.5, 0.6) is 5.88 Å². The van der Waals surface area contributed by atoms with Crippen LogP contribution in [-0.2, 0) is 29.0 Å². The van der Waals surface area contributed by atoms with E-state index in [0.29, 0.717) is 17.0 Å². The van der Waals surface area contributed by atoms with Gasteiger partial charge in [0.2, 0.25) is 5.88 Å². The zero-order valence-corrected chi connectivity index (χ0v) is 25.3. The second kappa shape index (κ2) is 13.0. The van der Waals surface area contributed by atoms with Crippen LogP contribution in [-0.4, -0.2) is 64.9 Å². The molecule has 2 aromatic carbocycles. The predicted molar refractivity (Wildman–Crippen MR) is 163 cm³/mol. The average molecular weight is 622 g/mol. The lowest BCUT2D eigenvalue weighted by Crippen LogP contribution is -2.39. The smallest absolute Gasteiger partial charge is 0.338 e. The van der Waals surface area contributed by atoms with Crippen LogP contribution in [0.2, 0.25) is 0 Å². The Bertz CT molecular complexity index is 1930. The van der Waals surface area contributed by atoms with Gasteiger partial charge in [-0.05, 0) is 49.0 Å². The normalized spacial score (nSPS) is 11.4. The first-order chi connectivity index (χ1) is 21.1. The third-order valence-electron chi connectivity index (χ3n) is 6.91. The van der Waals surface area contributed by atoms with Crippen molar-refractivity contribution >= 4 is 27.3 Å². The highest BCUT2D eigenvalue weighted by Crippen LogP contribution is 2.38. The minimum atomic E-state index is -0.833. The number of ether oxygens (including phenoxy) is 2. The van der Waals surface area contributed by atoms with Gasteiger partial charge in [0, 0.05) is 36.6 Å². The first-order valence-electron chi connectivity index (χ1n) is 13.5. The quantitative estimate of drug-likeness (QED) is 0.219. The number of halogens is 2. The van der Waals surface area contributed by atoms with E-state index in [1.54, 1.807) is 0 Å². The number of aromatic nitrogens is 4. The summed E-state index contributed by atoms with van der Waals surface area (Å²) < 4.78 is 41.7. The van der Waals surface area contributed by atoms with E-state index >= 15 is 0 Å². The molecule has 0 saturated carbocycles. The Morgan fingerprint density at radius 2 is 1.66 bits per heavy atom. The van der Waals surface area contributed by atoms with E-state index in [1.165, 1.54) is 48.3 Å². The van der Waals surface area contributed by atoms with Gasteiger partial charge in [0.15, 0.2) is 11.6 Å². The van der Waals surface area contributed by atoms with E-state index in [9.17, 15) is 23.2 Å². The Hall–Kier alpha value is -4.59. The van der Waals surface area contributed by atoms with Gasteiger partial charge in [-0.2, -0.15) is 0 Å². The topological polar surface area (TPSA) is 109 Å². The highest BCUT2D eigenvalue weighted by Gasteiger charge is 2.26. The number of thiophene rings is 1. The summed E-state index contributed by atoms with van der Waals surface area (Å²) in [7, 11) is 6.55. The molecule has 10 nitrogen and oxygen atoms in total. The Kier molecular flexibility index (Phi) is 9.09. The average Bonchev–Trinajstić information content (AvgIpc) is 3.36. The zero-order valence-electron chi connectivity index (χ0n) is 24.5. The predicted octanol–water partition coefficient (Wildman–Crippen LogP) is 3.83. The molecule has 3 aromatic heterocycles. The number of benzene rings is 2. The Balaban J connectivity index is 1.79. The van der Waals surface area contributed by atoms with Gasteiger partial charge in [-0.3, -0.25) is 14.2 Å². The summed E-state index contributed by atoms with van der Waals surface area (Å²) in [6.45, 7) is -0.144. The minimum absolute atomic E-state index is 0.00995. The van der Waals surface area contributed by atoms with E-state index in [0.717, 1.165) is 27.8 Å². The van der Waals surface area contributed by atoms with E-state index in [1.807, 2.05) is 43.3 Å². The van der Waals surface area contributed by atoms with Crippen LogP contribution < -0.4 is 16.0 Å². The lowest BCUT2D eigenvalue weighted by atomic mass is 10.0. The standard InChI is InChI=1S/C31H29F2N5O5S/c1-36(2)15-22-27-29(40)38(25-12-13-26(43-4)35-34-25)31(41)37(16-21-23(32)6-5-7-24(21)33)30(27)44-28(22)19-10-8-18(9-11-19)14-20(39)17-42-3/h5-13H,14-17H2,1-4H3. The summed E-state index contributed by atoms with van der Waals surface area (Å²) in [5, 5.41) is 8.14. The first kappa shape index (κ1) is 30.9. The molecule has 0 saturated heterocycles. The second-order valence-corrected chi connectivity index (χ2v) is 11.3. The Labute approximate surface area is 254 Å². The number of ketones is 1. The maximum atomic E-state index is 14.9. The molecule has 0 fully saturated rings. The maximum absolute atomic E-state index is 14.9. The molecule has 44 heavy (non-hydrogen) atoms. The molecule has 0 aliphatic heterocycles. The fourth-order valence-corrected chi connectivity index (χ4v) is 6.21. The molecule has 0 unspecified atom stereocenters. The van der Waals surface area contributed by atoms with E-state index in [4.69, 9.17) is 9.47 Å². The number of fused-ring (bicyclic) bond motifs is 1. The third kappa shape index (κ3) is 6.07. The Morgan fingerprint density at radius 3 is 2.25 bits per heavy atom. The van der Waals surface area contributed by atoms with Crippen LogP contribution in [0.4, 0.5) is 8.78 Å². The molecule has 228 valence electrons. The van der Waals surface area contributed by atoms with E-state index in [-0.39, 0.29) is 46.3 Å². The number of rotatable bonds is 11. The van der Waals surface area contributed by atoms with Crippen molar-refractivity contribution in [3.63, 3.8) is 0 Å². The van der Waals surface area contributed by atoms with Gasteiger partial charge in [-0.1, -0.05) is 30.3 Å². The molecule has 0 spiro atoms. The molecule has 0 aliphatic carbocycles. The van der Waals surface area contributed by atoms with Crippen LogP contribution in [0.25, 0.3) is 26.5 Å². The minimum Gasteiger partial charge on any atom is -0.480 e. The molecule has 0 aliphatic rings. The maximum Gasteiger partial charge on any atom is 0.338 e. The summed E-state index contributed by atoms with van der Waals surface area (Å²) in [5.41, 5.74) is 0.365. The van der Waals surface area contributed by atoms with Crippen molar-refractivity contribution in [3.05, 3.63) is 104 Å². The van der Waals surface area contributed by atoms with Crippen LogP contribution in [0, 0.1) is 11.6 Å². The van der Waals surface area contributed by atoms with Crippen molar-refractivity contribution in [2.75, 3.05) is 34.9 Å². The summed E-state index contributed by atoms with van der Waals surface area (Å²) in [6, 6.07) is 13.7. The SMILES string of the molecule is COCC(=O)Cc1ccc(-c2sc3c(c2CN(C)C)c(=O)n(-c2ccc(OC)nn2)c(=O)n3Cc2c(F)cccc2F)cc1. The van der Waals surface area contributed by atoms with Gasteiger partial charge in [-0.25, -0.2) is 18.1 Å². The van der Waals surface area contributed by atoms with Gasteiger partial charge in [0.05, 0.1) is 19.0 Å². The van der Waals surface area contributed by atoms with Crippen LogP contribution in [0.1, 0.15) is 16.7 Å². The van der Waals surface area contributed by atoms with Crippen molar-refractivity contribution in [1.29, 1.82) is 0 Å². The van der Waals surface area contributed by atoms with Gasteiger partial charge >= 0.3 is 5.69 Å². The zero-order chi connectivity index (χ0) is 31.5. The van der Waals surface area contributed by atoms with Gasteiger partial charge in [-0.15, -0.1) is 21.5 Å². The lowest BCUT2D eigenvalue weighted by molar-refractivity contribution is -0.121. The molecule has 13 heteroatoms. The Morgan fingerprint density at radius 1 is 0.955 bits per heavy atom. The van der Waals surface area contributed by atoms with Crippen molar-refractivity contribution in [1.82, 2.24) is 24.2 Å². The van der Waals surface area contributed by atoms with E-state index < -0.39 is 29.4 Å². The summed E-state index contributed by atoms with van der Waals surface area (Å²) in [6.07, 6.45) is 0.201. The number of nitrogens with zero attached hydrogens (tertiary/aromatic N) is 5. The third-order valence-corrected chi connectivity index (χ3v) is 8.22. The van der Waals surface area contributed by atoms with Crippen molar-refractivity contribution in [2.45, 2.75) is 19.5 Å². The lowest BCUT2D eigenvalue weighted by Gasteiger charge is -2.14. The van der Waals surface area contributed by atoms with E-state index in [2.05, 4.69) is 10.2 Å². The molecule has 0 bridgehead atoms. The largest absolute Gasteiger partial charge is 0.480 e. The molecule has 5 rings (SSSR count). The summed E-state index contributed by atoms with van der Waals surface area (Å²) in [4.78, 5) is 43.1. The number of methoxy groups -OCH3 is 2. The highest BCUT2D eigenvalue weighted by molar-refractivity contribution is 7.22. The molecule has 0 N–H and O–H groups in total. The highest BCUT2D eigenvalue weighted by atomic mass is 32.1. The van der Waals surface area contributed by atoms with Gasteiger partial charge in [0.25, 0.3) is 5.56 Å². The number of hydrogen-bond acceptors (Lipinski definition) is 9. The number of carbonyl (C=O) groups excluding carboxylic acids is 1. The van der Waals surface area contributed by atoms with Gasteiger partial charge in [0.1, 0.15) is 23.1 Å². The van der Waals surface area contributed by atoms with Crippen molar-refractivity contribution < 1.29 is 23.0 Å². The summed E-state index contributed by atoms with van der Waals surface area (Å²) in [5.74, 6) is -1.61. The molecular formula is C31H29F2N5O5S. The fraction of sp³-hybridized carbons (Fsp3) is 0.258. The molecule has 0 atom stereocenters.